The van der Waals surface area contributed by atoms with E-state index < -0.39 is 0 Å². The number of fused-ring (bicyclic) bond motifs is 1. The van der Waals surface area contributed by atoms with E-state index in [1.165, 1.54) is 11.8 Å². The minimum atomic E-state index is -0.352. The molecule has 2 aromatic heterocycles. The fourth-order valence-electron chi connectivity index (χ4n) is 5.23. The molecule has 2 fully saturated rings. The van der Waals surface area contributed by atoms with Gasteiger partial charge < -0.3 is 20.5 Å². The van der Waals surface area contributed by atoms with Gasteiger partial charge in [-0.25, -0.2) is 9.97 Å². The summed E-state index contributed by atoms with van der Waals surface area (Å²) in [6, 6.07) is 22.2. The lowest BCUT2D eigenvalue weighted by Crippen LogP contribution is -2.39. The van der Waals surface area contributed by atoms with E-state index in [1.54, 1.807) is 12.4 Å². The van der Waals surface area contributed by atoms with Gasteiger partial charge in [-0.05, 0) is 54.9 Å². The summed E-state index contributed by atoms with van der Waals surface area (Å²) in [6.45, 7) is 12.4. The monoisotopic (exact) mass is 524 g/mol. The molecule has 3 N–H and O–H groups in total. The number of hydrogen-bond acceptors (Lipinski definition) is 5. The van der Waals surface area contributed by atoms with Crippen molar-refractivity contribution in [3.63, 3.8) is 0 Å². The van der Waals surface area contributed by atoms with Gasteiger partial charge in [0.25, 0.3) is 0 Å². The Morgan fingerprint density at radius 2 is 1.82 bits per heavy atom. The second kappa shape index (κ2) is 11.4. The maximum Gasteiger partial charge on any atom is 0.216 e. The van der Waals surface area contributed by atoms with Crippen molar-refractivity contribution in [2.24, 2.45) is 5.73 Å². The molecular weight excluding hydrogens is 487 g/mol. The van der Waals surface area contributed by atoms with Gasteiger partial charge in [-0.3, -0.25) is 0 Å². The minimum Gasteiger partial charge on any atom is -0.383 e. The third-order valence-electron chi connectivity index (χ3n) is 7.92. The van der Waals surface area contributed by atoms with Crippen molar-refractivity contribution in [3.05, 3.63) is 121 Å². The summed E-state index contributed by atoms with van der Waals surface area (Å²) in [6.07, 6.45) is 7.28. The molecule has 2 atom stereocenters. The molecule has 202 valence electrons. The van der Waals surface area contributed by atoms with Crippen molar-refractivity contribution in [2.45, 2.75) is 56.8 Å². The zero-order valence-electron chi connectivity index (χ0n) is 22.6. The number of nitrogens with two attached hydrogens (primary N) is 1. The van der Waals surface area contributed by atoms with E-state index in [2.05, 4.69) is 64.5 Å². The molecule has 0 amide bonds. The highest BCUT2D eigenvalue weighted by molar-refractivity contribution is 5.75. The van der Waals surface area contributed by atoms with E-state index >= 15 is 0 Å². The molecule has 3 heterocycles. The lowest BCUT2D eigenvalue weighted by Gasteiger charge is -2.33. The van der Waals surface area contributed by atoms with Gasteiger partial charge in [0.2, 0.25) is 5.95 Å². The molecule has 0 radical (unpaired) electrons. The third kappa shape index (κ3) is 5.88. The molecule has 2 aliphatic rings. The van der Waals surface area contributed by atoms with Crippen LogP contribution in [0.5, 0.6) is 0 Å². The fourth-order valence-corrected chi connectivity index (χ4v) is 5.23. The van der Waals surface area contributed by atoms with Gasteiger partial charge in [-0.2, -0.15) is 4.39 Å². The first-order valence-electron chi connectivity index (χ1n) is 13.6. The largest absolute Gasteiger partial charge is 0.383 e. The molecule has 7 heteroatoms. The zero-order valence-corrected chi connectivity index (χ0v) is 22.6. The van der Waals surface area contributed by atoms with Crippen LogP contribution < -0.4 is 11.1 Å². The van der Waals surface area contributed by atoms with Crippen LogP contribution in [0.4, 0.5) is 4.39 Å². The molecule has 1 aliphatic heterocycles. The number of hydrogen-bond donors (Lipinski definition) is 2. The molecule has 1 aliphatic carbocycles. The first-order valence-corrected chi connectivity index (χ1v) is 13.6. The highest BCUT2D eigenvalue weighted by Gasteiger charge is 2.41. The maximum absolute atomic E-state index is 13.0. The number of imidazole rings is 1. The summed E-state index contributed by atoms with van der Waals surface area (Å²) in [7, 11) is 0. The number of benzene rings is 2. The molecule has 0 bridgehead atoms. The van der Waals surface area contributed by atoms with E-state index in [4.69, 9.17) is 5.73 Å². The fraction of sp³-hybridized carbons (Fsp3) is 0.312. The van der Waals surface area contributed by atoms with Crippen LogP contribution in [-0.4, -0.2) is 32.0 Å². The number of nitrogens with zero attached hydrogens (tertiary/aromatic N) is 4. The Bertz CT molecular complexity index is 1440. The number of likely N-dealkylation sites (tertiary alicyclic amines) is 1. The molecule has 2 unspecified atom stereocenters. The average molecular weight is 525 g/mol. The van der Waals surface area contributed by atoms with Crippen LogP contribution in [0.15, 0.2) is 104 Å². The number of aromatic nitrogens is 3. The van der Waals surface area contributed by atoms with Gasteiger partial charge in [-0.1, -0.05) is 68.6 Å². The summed E-state index contributed by atoms with van der Waals surface area (Å²) < 4.78 is 15.0. The number of rotatable bonds is 8. The number of para-hydroxylation sites is 2. The first kappa shape index (κ1) is 26.6. The highest BCUT2D eigenvalue weighted by Crippen LogP contribution is 2.47. The summed E-state index contributed by atoms with van der Waals surface area (Å²) in [5, 5.41) is 3.49. The minimum absolute atomic E-state index is 0.0956. The second-order valence-corrected chi connectivity index (χ2v) is 10.7. The number of halogens is 1. The topological polar surface area (TPSA) is 72.0 Å². The van der Waals surface area contributed by atoms with Crippen molar-refractivity contribution in [2.75, 3.05) is 6.54 Å². The molecule has 1 saturated heterocycles. The van der Waals surface area contributed by atoms with Crippen LogP contribution >= 0.6 is 0 Å². The maximum atomic E-state index is 13.0. The number of pyridine rings is 1. The van der Waals surface area contributed by atoms with Crippen LogP contribution in [0.2, 0.25) is 0 Å². The summed E-state index contributed by atoms with van der Waals surface area (Å²) in [4.78, 5) is 10.4. The third-order valence-corrected chi connectivity index (χ3v) is 7.92. The van der Waals surface area contributed by atoms with Crippen LogP contribution in [0, 0.1) is 5.95 Å². The van der Waals surface area contributed by atoms with E-state index in [0.717, 1.165) is 66.8 Å². The Hall–Kier alpha value is -3.97. The smallest absolute Gasteiger partial charge is 0.216 e. The van der Waals surface area contributed by atoms with Crippen LogP contribution in [0.1, 0.15) is 49.9 Å². The summed E-state index contributed by atoms with van der Waals surface area (Å²) in [5.41, 5.74) is 12.6. The highest BCUT2D eigenvalue weighted by atomic mass is 19.1. The van der Waals surface area contributed by atoms with Crippen molar-refractivity contribution in [3.8, 4) is 0 Å². The molecule has 6 nitrogen and oxygen atoms in total. The van der Waals surface area contributed by atoms with Crippen molar-refractivity contribution in [1.82, 2.24) is 24.8 Å². The van der Waals surface area contributed by atoms with Gasteiger partial charge in [-0.15, -0.1) is 0 Å². The quantitative estimate of drug-likeness (QED) is 0.275. The molecule has 39 heavy (non-hydrogen) atoms. The Kier molecular flexibility index (Phi) is 7.79. The van der Waals surface area contributed by atoms with Gasteiger partial charge in [0, 0.05) is 36.2 Å². The van der Waals surface area contributed by atoms with E-state index in [9.17, 15) is 4.39 Å². The lowest BCUT2D eigenvalue weighted by atomic mass is 10.0. The van der Waals surface area contributed by atoms with Gasteiger partial charge >= 0.3 is 0 Å². The second-order valence-electron chi connectivity index (χ2n) is 10.7. The average Bonchev–Trinajstić information content (AvgIpc) is 3.35. The predicted octanol–water partition coefficient (Wildman–Crippen LogP) is 6.05. The molecule has 6 rings (SSSR count). The SMILES string of the molecule is C=C(NCc1ccccc1)C1CCCN1C(=C)C(N)n1cnc2ccccc21.CC1(c2cccnc2F)CC1. The van der Waals surface area contributed by atoms with Crippen LogP contribution in [-0.2, 0) is 12.0 Å². The van der Waals surface area contributed by atoms with Crippen molar-refractivity contribution < 1.29 is 4.39 Å². The van der Waals surface area contributed by atoms with Gasteiger partial charge in [0.15, 0.2) is 0 Å². The molecule has 1 saturated carbocycles. The van der Waals surface area contributed by atoms with Crippen LogP contribution in [0.25, 0.3) is 11.0 Å². The van der Waals surface area contributed by atoms with Crippen molar-refractivity contribution >= 4 is 11.0 Å². The van der Waals surface area contributed by atoms with Gasteiger partial charge in [0.05, 0.1) is 23.4 Å². The zero-order chi connectivity index (χ0) is 27.4. The summed E-state index contributed by atoms with van der Waals surface area (Å²) >= 11 is 0. The Labute approximate surface area is 230 Å². The van der Waals surface area contributed by atoms with E-state index in [0.29, 0.717) is 0 Å². The van der Waals surface area contributed by atoms with Crippen molar-refractivity contribution in [1.29, 1.82) is 0 Å². The summed E-state index contributed by atoms with van der Waals surface area (Å²) in [5.74, 6) is -0.299. The Balaban J connectivity index is 0.000000233. The molecule has 2 aromatic carbocycles. The van der Waals surface area contributed by atoms with E-state index in [-0.39, 0.29) is 23.6 Å². The van der Waals surface area contributed by atoms with Crippen LogP contribution in [0.3, 0.4) is 0 Å². The first-order chi connectivity index (χ1) is 18.9. The normalized spacial score (nSPS) is 18.2. The van der Waals surface area contributed by atoms with Gasteiger partial charge in [0.1, 0.15) is 6.17 Å². The predicted molar refractivity (Wildman–Crippen MR) is 155 cm³/mol. The Morgan fingerprint density at radius 1 is 1.08 bits per heavy atom. The molecule has 4 aromatic rings. The lowest BCUT2D eigenvalue weighted by molar-refractivity contribution is 0.304. The standard InChI is InChI=1S/C23H27N5.C9H10FN/c1-17(25-15-19-9-4-3-5-10-19)21-13-8-14-27(21)18(2)23(24)28-16-26-20-11-6-7-12-22(20)28;1-9(4-5-9)7-3-2-6-11-8(7)10/h3-7,9-12,16,21,23,25H,1-2,8,13-15,24H2;2-3,6H,4-5H2,1H3. The molecule has 0 spiro atoms. The molecular formula is C32H37FN6. The van der Waals surface area contributed by atoms with E-state index in [1.807, 2.05) is 41.0 Å². The Morgan fingerprint density at radius 3 is 2.56 bits per heavy atom. The number of nitrogens with one attached hydrogen (secondary N) is 1.